The third-order valence-corrected chi connectivity index (χ3v) is 11.5. The van der Waals surface area contributed by atoms with Crippen LogP contribution in [0.5, 0.6) is 5.75 Å². The van der Waals surface area contributed by atoms with Crippen molar-refractivity contribution in [3.05, 3.63) is 65.0 Å². The number of aryl methyl sites for hydroxylation is 2. The Morgan fingerprint density at radius 1 is 1.02 bits per heavy atom. The summed E-state index contributed by atoms with van der Waals surface area (Å²) in [7, 11) is 1.32. The number of carbonyl (C=O) groups is 2. The lowest BCUT2D eigenvalue weighted by atomic mass is 9.86. The highest BCUT2D eigenvalue weighted by atomic mass is 16.5. The molecule has 262 valence electrons. The highest BCUT2D eigenvalue weighted by molar-refractivity contribution is 5.87. The largest absolute Gasteiger partial charge is 0.488 e. The zero-order chi connectivity index (χ0) is 34.7. The number of alkyl carbamates (subject to hydrolysis) is 1. The number of H-pyrrole nitrogens is 2. The van der Waals surface area contributed by atoms with Crippen LogP contribution in [0.2, 0.25) is 0 Å². The van der Waals surface area contributed by atoms with E-state index in [-0.39, 0.29) is 23.9 Å². The number of carbonyl (C=O) groups excluding carboxylic acids is 2. The maximum atomic E-state index is 13.9. The van der Waals surface area contributed by atoms with Crippen LogP contribution in [0.3, 0.4) is 0 Å². The van der Waals surface area contributed by atoms with Gasteiger partial charge in [0.1, 0.15) is 30.0 Å². The van der Waals surface area contributed by atoms with Crippen LogP contribution in [0.4, 0.5) is 4.79 Å². The van der Waals surface area contributed by atoms with Gasteiger partial charge in [-0.2, -0.15) is 0 Å². The van der Waals surface area contributed by atoms with Crippen LogP contribution in [0, 0.1) is 5.92 Å². The molecule has 0 saturated carbocycles. The minimum Gasteiger partial charge on any atom is -0.488 e. The number of ether oxygens (including phenoxy) is 2. The van der Waals surface area contributed by atoms with E-state index in [0.29, 0.717) is 18.7 Å². The Bertz CT molecular complexity index is 1950. The van der Waals surface area contributed by atoms with Gasteiger partial charge >= 0.3 is 6.09 Å². The summed E-state index contributed by atoms with van der Waals surface area (Å²) in [6.07, 6.45) is 7.85. The topological polar surface area (TPSA) is 137 Å². The van der Waals surface area contributed by atoms with Crippen molar-refractivity contribution in [3.8, 4) is 39.4 Å². The number of nitrogens with one attached hydrogen (secondary N) is 4. The number of aromatic nitrogens is 4. The Hall–Kier alpha value is -4.64. The van der Waals surface area contributed by atoms with Gasteiger partial charge in [-0.15, -0.1) is 0 Å². The molecule has 0 radical (unpaired) electrons. The summed E-state index contributed by atoms with van der Waals surface area (Å²) >= 11 is 0. The minimum absolute atomic E-state index is 0.0218. The average Bonchev–Trinajstić information content (AvgIpc) is 3.95. The number of aromatic amines is 2. The number of likely N-dealkylation sites (tertiary alicyclic amines) is 1. The van der Waals surface area contributed by atoms with Crippen LogP contribution in [-0.2, 0) is 29.0 Å². The standard InChI is InChI=1S/C39H47N7O4/c1-6-20(2)34(45-39(48)49-5)38(47)46-22(4)8-14-32(46)37-40-18-31(43-37)24-9-11-26-25(15-24)19-50-33-17-27-23(16-28(26)33)10-13-29-35(27)44-36(42-29)30-12-7-21(3)41-30/h9,11,15-18,20-22,30,32,34,41H,6-8,10,12-14,19H2,1-5H3,(H,40,43)(H,42,44)(H,45,48)/t20-,21-,22-,30-,32-,34?/m0/s1. The number of amides is 2. The average molecular weight is 678 g/mol. The molecule has 5 heterocycles. The Labute approximate surface area is 293 Å². The molecule has 2 aromatic heterocycles. The lowest BCUT2D eigenvalue weighted by molar-refractivity contribution is -0.137. The minimum atomic E-state index is -0.670. The second kappa shape index (κ2) is 12.9. The number of fused-ring (bicyclic) bond motifs is 6. The van der Waals surface area contributed by atoms with Gasteiger partial charge in [-0.05, 0) is 98.7 Å². The summed E-state index contributed by atoms with van der Waals surface area (Å²) in [5.41, 5.74) is 10.1. The number of imidazole rings is 2. The molecule has 2 fully saturated rings. The summed E-state index contributed by atoms with van der Waals surface area (Å²) in [6, 6.07) is 11.0. The van der Waals surface area contributed by atoms with Crippen LogP contribution in [0.25, 0.3) is 33.6 Å². The van der Waals surface area contributed by atoms with Crippen LogP contribution in [0.15, 0.2) is 36.5 Å². The van der Waals surface area contributed by atoms with E-state index in [1.165, 1.54) is 35.9 Å². The molecule has 2 aromatic carbocycles. The predicted octanol–water partition coefficient (Wildman–Crippen LogP) is 6.76. The molecule has 0 bridgehead atoms. The molecule has 6 atom stereocenters. The smallest absolute Gasteiger partial charge is 0.407 e. The first-order valence-corrected chi connectivity index (χ1v) is 18.2. The van der Waals surface area contributed by atoms with Crippen LogP contribution >= 0.6 is 0 Å². The first-order valence-electron chi connectivity index (χ1n) is 18.2. The second-order valence-electron chi connectivity index (χ2n) is 14.7. The summed E-state index contributed by atoms with van der Waals surface area (Å²) in [4.78, 5) is 45.1. The third-order valence-electron chi connectivity index (χ3n) is 11.5. The van der Waals surface area contributed by atoms with Gasteiger partial charge in [-0.25, -0.2) is 14.8 Å². The fourth-order valence-electron chi connectivity index (χ4n) is 8.39. The fourth-order valence-corrected chi connectivity index (χ4v) is 8.39. The zero-order valence-corrected chi connectivity index (χ0v) is 29.6. The molecular weight excluding hydrogens is 630 g/mol. The molecule has 0 spiro atoms. The van der Waals surface area contributed by atoms with Gasteiger partial charge in [-0.3, -0.25) is 4.79 Å². The van der Waals surface area contributed by atoms with E-state index in [2.05, 4.69) is 64.8 Å². The number of benzene rings is 2. The molecule has 4 N–H and O–H groups in total. The summed E-state index contributed by atoms with van der Waals surface area (Å²) < 4.78 is 11.2. The lowest BCUT2D eigenvalue weighted by Gasteiger charge is -2.33. The Morgan fingerprint density at radius 2 is 1.88 bits per heavy atom. The molecule has 2 saturated heterocycles. The predicted molar refractivity (Wildman–Crippen MR) is 190 cm³/mol. The van der Waals surface area contributed by atoms with Gasteiger partial charge in [0.2, 0.25) is 5.91 Å². The molecule has 1 unspecified atom stereocenters. The van der Waals surface area contributed by atoms with Gasteiger partial charge < -0.3 is 35.0 Å². The van der Waals surface area contributed by atoms with Crippen molar-refractivity contribution in [1.82, 2.24) is 35.5 Å². The van der Waals surface area contributed by atoms with E-state index in [0.717, 1.165) is 84.0 Å². The third kappa shape index (κ3) is 5.65. The van der Waals surface area contributed by atoms with E-state index in [1.54, 1.807) is 0 Å². The number of hydrogen-bond acceptors (Lipinski definition) is 7. The van der Waals surface area contributed by atoms with Crippen molar-refractivity contribution in [2.24, 2.45) is 5.92 Å². The van der Waals surface area contributed by atoms with Crippen molar-refractivity contribution in [2.75, 3.05) is 7.11 Å². The lowest BCUT2D eigenvalue weighted by Crippen LogP contribution is -2.53. The molecule has 4 aromatic rings. The van der Waals surface area contributed by atoms with Crippen molar-refractivity contribution < 1.29 is 19.1 Å². The van der Waals surface area contributed by atoms with E-state index < -0.39 is 12.1 Å². The molecule has 3 aliphatic heterocycles. The number of nitrogens with zero attached hydrogens (tertiary/aromatic N) is 3. The van der Waals surface area contributed by atoms with Gasteiger partial charge in [0.05, 0.1) is 36.8 Å². The van der Waals surface area contributed by atoms with Gasteiger partial charge in [0.25, 0.3) is 0 Å². The summed E-state index contributed by atoms with van der Waals surface area (Å²) in [5, 5.41) is 6.45. The second-order valence-corrected chi connectivity index (χ2v) is 14.7. The Morgan fingerprint density at radius 3 is 2.66 bits per heavy atom. The highest BCUT2D eigenvalue weighted by Gasteiger charge is 2.41. The van der Waals surface area contributed by atoms with Crippen LogP contribution in [0.1, 0.15) is 100 Å². The maximum absolute atomic E-state index is 13.9. The fraction of sp³-hybridized carbons (Fsp3) is 0.487. The number of hydrogen-bond donors (Lipinski definition) is 4. The Balaban J connectivity index is 1.04. The first kappa shape index (κ1) is 32.6. The van der Waals surface area contributed by atoms with Crippen molar-refractivity contribution in [3.63, 3.8) is 0 Å². The molecular formula is C39H47N7O4. The summed E-state index contributed by atoms with van der Waals surface area (Å²) in [5.74, 6) is 2.56. The van der Waals surface area contributed by atoms with Crippen molar-refractivity contribution >= 4 is 12.0 Å². The molecule has 1 aliphatic carbocycles. The first-order chi connectivity index (χ1) is 24.2. The monoisotopic (exact) mass is 677 g/mol. The van der Waals surface area contributed by atoms with E-state index in [9.17, 15) is 9.59 Å². The van der Waals surface area contributed by atoms with Gasteiger partial charge in [0.15, 0.2) is 0 Å². The van der Waals surface area contributed by atoms with Crippen molar-refractivity contribution in [2.45, 2.75) is 109 Å². The number of rotatable bonds is 7. The molecule has 50 heavy (non-hydrogen) atoms. The molecule has 11 heteroatoms. The number of methoxy groups -OCH3 is 1. The van der Waals surface area contributed by atoms with Gasteiger partial charge in [-0.1, -0.05) is 32.4 Å². The SMILES string of the molecule is CC[C@H](C)C(NC(=O)OC)C(=O)N1[C@@H](C)CC[C@H]1c1ncc(-c2ccc3c(c2)COc2cc4c(cc2-3)CCc2[nH]c([C@@H]3CC[C@H](C)N3)nc2-4)[nH]1. The van der Waals surface area contributed by atoms with E-state index in [1.807, 2.05) is 24.9 Å². The summed E-state index contributed by atoms with van der Waals surface area (Å²) in [6.45, 7) is 8.77. The normalized spacial score (nSPS) is 23.3. The van der Waals surface area contributed by atoms with Crippen LogP contribution in [-0.4, -0.2) is 62.1 Å². The molecule has 2 amide bonds. The molecule has 8 rings (SSSR count). The maximum Gasteiger partial charge on any atom is 0.407 e. The van der Waals surface area contributed by atoms with Crippen LogP contribution < -0.4 is 15.4 Å². The van der Waals surface area contributed by atoms with Gasteiger partial charge in [0, 0.05) is 28.9 Å². The van der Waals surface area contributed by atoms with Crippen molar-refractivity contribution in [1.29, 1.82) is 0 Å². The molecule has 11 nitrogen and oxygen atoms in total. The molecule has 4 aliphatic rings. The highest BCUT2D eigenvalue weighted by Crippen LogP contribution is 2.45. The quantitative estimate of drug-likeness (QED) is 0.170. The van der Waals surface area contributed by atoms with E-state index >= 15 is 0 Å². The zero-order valence-electron chi connectivity index (χ0n) is 29.6. The van der Waals surface area contributed by atoms with E-state index in [4.69, 9.17) is 19.4 Å². The Kier molecular flexibility index (Phi) is 8.41.